The van der Waals surface area contributed by atoms with Gasteiger partial charge in [0.2, 0.25) is 0 Å². The lowest BCUT2D eigenvalue weighted by Crippen LogP contribution is -2.27. The van der Waals surface area contributed by atoms with Gasteiger partial charge in [0.15, 0.2) is 6.10 Å². The SMILES string of the molecule is O=C(O)c1cc(C(O)C(O)C(=O)O)ccc1Br. The number of halogens is 1. The van der Waals surface area contributed by atoms with Crippen molar-refractivity contribution in [2.24, 2.45) is 0 Å². The average molecular weight is 305 g/mol. The van der Waals surface area contributed by atoms with Gasteiger partial charge in [-0.15, -0.1) is 0 Å². The van der Waals surface area contributed by atoms with E-state index in [-0.39, 0.29) is 11.1 Å². The van der Waals surface area contributed by atoms with E-state index in [0.29, 0.717) is 4.47 Å². The topological polar surface area (TPSA) is 115 Å². The molecule has 0 aliphatic carbocycles. The molecule has 0 saturated carbocycles. The summed E-state index contributed by atoms with van der Waals surface area (Å²) in [6, 6.07) is 3.78. The van der Waals surface area contributed by atoms with Gasteiger partial charge < -0.3 is 20.4 Å². The summed E-state index contributed by atoms with van der Waals surface area (Å²) in [6.07, 6.45) is -3.68. The van der Waals surface area contributed by atoms with Crippen molar-refractivity contribution in [2.45, 2.75) is 12.2 Å². The van der Waals surface area contributed by atoms with Gasteiger partial charge in [-0.05, 0) is 33.6 Å². The number of benzene rings is 1. The van der Waals surface area contributed by atoms with Gasteiger partial charge in [-0.1, -0.05) is 6.07 Å². The fourth-order valence-electron chi connectivity index (χ4n) is 1.21. The van der Waals surface area contributed by atoms with Crippen LogP contribution >= 0.6 is 15.9 Å². The number of aromatic carboxylic acids is 1. The summed E-state index contributed by atoms with van der Waals surface area (Å²) in [5.74, 6) is -2.81. The van der Waals surface area contributed by atoms with E-state index in [1.807, 2.05) is 0 Å². The Morgan fingerprint density at radius 3 is 2.24 bits per heavy atom. The van der Waals surface area contributed by atoms with Crippen LogP contribution in [0.3, 0.4) is 0 Å². The van der Waals surface area contributed by atoms with Crippen LogP contribution in [0.15, 0.2) is 22.7 Å². The minimum Gasteiger partial charge on any atom is -0.479 e. The van der Waals surface area contributed by atoms with E-state index in [0.717, 1.165) is 6.07 Å². The van der Waals surface area contributed by atoms with Crippen LogP contribution in [-0.4, -0.2) is 38.5 Å². The van der Waals surface area contributed by atoms with E-state index >= 15 is 0 Å². The molecule has 1 aromatic rings. The molecule has 0 heterocycles. The number of aliphatic carboxylic acids is 1. The lowest BCUT2D eigenvalue weighted by Gasteiger charge is -2.15. The molecular weight excluding hydrogens is 296 g/mol. The van der Waals surface area contributed by atoms with Gasteiger partial charge >= 0.3 is 11.9 Å². The zero-order chi connectivity index (χ0) is 13.2. The number of carbonyl (C=O) groups is 2. The molecule has 0 aliphatic heterocycles. The standard InChI is InChI=1S/C10H9BrO6/c11-6-2-1-4(3-5(6)9(14)15)7(12)8(13)10(16)17/h1-3,7-8,12-13H,(H,14,15)(H,16,17). The quantitative estimate of drug-likeness (QED) is 0.648. The monoisotopic (exact) mass is 304 g/mol. The highest BCUT2D eigenvalue weighted by Gasteiger charge is 2.26. The summed E-state index contributed by atoms with van der Waals surface area (Å²) in [5.41, 5.74) is -0.111. The number of hydrogen-bond donors (Lipinski definition) is 4. The highest BCUT2D eigenvalue weighted by Crippen LogP contribution is 2.24. The molecule has 0 amide bonds. The van der Waals surface area contributed by atoms with E-state index in [4.69, 9.17) is 15.3 Å². The van der Waals surface area contributed by atoms with E-state index in [1.54, 1.807) is 0 Å². The molecule has 4 N–H and O–H groups in total. The molecule has 0 aliphatic rings. The second-order valence-corrected chi connectivity index (χ2v) is 4.13. The van der Waals surface area contributed by atoms with E-state index in [1.165, 1.54) is 12.1 Å². The van der Waals surface area contributed by atoms with Crippen LogP contribution in [0.4, 0.5) is 0 Å². The van der Waals surface area contributed by atoms with Crippen LogP contribution in [0.25, 0.3) is 0 Å². The Labute approximate surface area is 104 Å². The summed E-state index contributed by atoms with van der Waals surface area (Å²) in [4.78, 5) is 21.3. The first-order valence-corrected chi connectivity index (χ1v) is 5.25. The Morgan fingerprint density at radius 2 is 1.76 bits per heavy atom. The molecule has 0 fully saturated rings. The zero-order valence-electron chi connectivity index (χ0n) is 8.37. The van der Waals surface area contributed by atoms with Crippen LogP contribution in [0.1, 0.15) is 22.0 Å². The molecule has 1 aromatic carbocycles. The van der Waals surface area contributed by atoms with Crippen molar-refractivity contribution in [3.05, 3.63) is 33.8 Å². The summed E-state index contributed by atoms with van der Waals surface area (Å²) in [7, 11) is 0. The molecule has 0 aromatic heterocycles. The maximum absolute atomic E-state index is 10.8. The first-order valence-electron chi connectivity index (χ1n) is 4.46. The molecule has 92 valence electrons. The number of aliphatic hydroxyl groups excluding tert-OH is 2. The predicted octanol–water partition coefficient (Wildman–Crippen LogP) is 0.626. The number of rotatable bonds is 4. The molecule has 0 radical (unpaired) electrons. The van der Waals surface area contributed by atoms with Crippen LogP contribution in [0.5, 0.6) is 0 Å². The Bertz CT molecular complexity index is 458. The molecule has 2 atom stereocenters. The molecule has 0 spiro atoms. The van der Waals surface area contributed by atoms with Crippen molar-refractivity contribution in [3.8, 4) is 0 Å². The maximum Gasteiger partial charge on any atom is 0.336 e. The summed E-state index contributed by atoms with van der Waals surface area (Å²) >= 11 is 3.00. The molecule has 0 bridgehead atoms. The fraction of sp³-hybridized carbons (Fsp3) is 0.200. The van der Waals surface area contributed by atoms with Crippen molar-refractivity contribution in [3.63, 3.8) is 0 Å². The van der Waals surface area contributed by atoms with Crippen molar-refractivity contribution in [2.75, 3.05) is 0 Å². The van der Waals surface area contributed by atoms with E-state index in [9.17, 15) is 14.7 Å². The Morgan fingerprint density at radius 1 is 1.18 bits per heavy atom. The van der Waals surface area contributed by atoms with Gasteiger partial charge in [-0.3, -0.25) is 0 Å². The van der Waals surface area contributed by atoms with E-state index in [2.05, 4.69) is 15.9 Å². The van der Waals surface area contributed by atoms with Crippen molar-refractivity contribution < 1.29 is 30.0 Å². The smallest absolute Gasteiger partial charge is 0.336 e. The van der Waals surface area contributed by atoms with Crippen LogP contribution in [0, 0.1) is 0 Å². The van der Waals surface area contributed by atoms with Crippen LogP contribution < -0.4 is 0 Å². The molecule has 1 rings (SSSR count). The van der Waals surface area contributed by atoms with Crippen LogP contribution in [-0.2, 0) is 4.79 Å². The third kappa shape index (κ3) is 3.02. The summed E-state index contributed by atoms with van der Waals surface area (Å²) in [5, 5.41) is 36.0. The number of aliphatic hydroxyl groups is 2. The molecule has 17 heavy (non-hydrogen) atoms. The number of carboxylic acids is 2. The molecule has 6 nitrogen and oxygen atoms in total. The van der Waals surface area contributed by atoms with Gasteiger partial charge in [0.05, 0.1) is 5.56 Å². The highest BCUT2D eigenvalue weighted by atomic mass is 79.9. The van der Waals surface area contributed by atoms with Gasteiger partial charge in [0, 0.05) is 4.47 Å². The Balaban J connectivity index is 3.11. The lowest BCUT2D eigenvalue weighted by atomic mass is 10.0. The van der Waals surface area contributed by atoms with Gasteiger partial charge in [-0.25, -0.2) is 9.59 Å². The lowest BCUT2D eigenvalue weighted by molar-refractivity contribution is -0.153. The van der Waals surface area contributed by atoms with E-state index < -0.39 is 24.1 Å². The second-order valence-electron chi connectivity index (χ2n) is 3.27. The summed E-state index contributed by atoms with van der Waals surface area (Å²) < 4.78 is 0.297. The van der Waals surface area contributed by atoms with Crippen LogP contribution in [0.2, 0.25) is 0 Å². The Hall–Kier alpha value is -1.44. The predicted molar refractivity (Wildman–Crippen MR) is 59.7 cm³/mol. The highest BCUT2D eigenvalue weighted by molar-refractivity contribution is 9.10. The minimum atomic E-state index is -2.00. The minimum absolute atomic E-state index is 0.0144. The van der Waals surface area contributed by atoms with Crippen molar-refractivity contribution >= 4 is 27.9 Å². The Kier molecular flexibility index (Phi) is 4.22. The molecule has 7 heteroatoms. The van der Waals surface area contributed by atoms with Gasteiger partial charge in [-0.2, -0.15) is 0 Å². The molecular formula is C10H9BrO6. The number of hydrogen-bond acceptors (Lipinski definition) is 4. The maximum atomic E-state index is 10.8. The number of carboxylic acid groups (broad SMARTS) is 2. The third-order valence-corrected chi connectivity index (χ3v) is 2.81. The third-order valence-electron chi connectivity index (χ3n) is 2.11. The van der Waals surface area contributed by atoms with Crippen molar-refractivity contribution in [1.82, 2.24) is 0 Å². The van der Waals surface area contributed by atoms with Crippen molar-refractivity contribution in [1.29, 1.82) is 0 Å². The first kappa shape index (κ1) is 13.6. The van der Waals surface area contributed by atoms with Gasteiger partial charge in [0.25, 0.3) is 0 Å². The normalized spacial score (nSPS) is 14.1. The average Bonchev–Trinajstić information content (AvgIpc) is 2.27. The fourth-order valence-corrected chi connectivity index (χ4v) is 1.62. The molecule has 2 unspecified atom stereocenters. The zero-order valence-corrected chi connectivity index (χ0v) is 9.96. The molecule has 0 saturated heterocycles. The van der Waals surface area contributed by atoms with Gasteiger partial charge in [0.1, 0.15) is 6.10 Å². The first-order chi connectivity index (χ1) is 7.84. The largest absolute Gasteiger partial charge is 0.479 e. The second kappa shape index (κ2) is 5.26. The summed E-state index contributed by atoms with van der Waals surface area (Å²) in [6.45, 7) is 0.